The third kappa shape index (κ3) is 3.03. The predicted octanol–water partition coefficient (Wildman–Crippen LogP) is 1.37. The molecule has 1 heterocycles. The van der Waals surface area contributed by atoms with Crippen molar-refractivity contribution in [3.63, 3.8) is 0 Å². The molecule has 0 saturated heterocycles. The Hall–Kier alpha value is -2.08. The van der Waals surface area contributed by atoms with Crippen molar-refractivity contribution in [2.24, 2.45) is 5.73 Å². The molecular weight excluding hydrogens is 265 g/mol. The Labute approximate surface area is 114 Å². The van der Waals surface area contributed by atoms with Crippen LogP contribution in [0.25, 0.3) is 0 Å². The molecule has 19 heavy (non-hydrogen) atoms. The van der Waals surface area contributed by atoms with E-state index in [2.05, 4.69) is 4.98 Å². The second kappa shape index (κ2) is 5.27. The van der Waals surface area contributed by atoms with Gasteiger partial charge in [-0.05, 0) is 30.2 Å². The molecule has 0 unspecified atom stereocenters. The van der Waals surface area contributed by atoms with Gasteiger partial charge in [0, 0.05) is 18.0 Å². The molecule has 0 aliphatic rings. The van der Waals surface area contributed by atoms with Crippen molar-refractivity contribution in [1.82, 2.24) is 9.55 Å². The molecule has 0 atom stereocenters. The van der Waals surface area contributed by atoms with Crippen molar-refractivity contribution in [2.75, 3.05) is 0 Å². The maximum atomic E-state index is 13.2. The van der Waals surface area contributed by atoms with Crippen LogP contribution in [0.2, 0.25) is 0 Å². The zero-order valence-corrected chi connectivity index (χ0v) is 11.1. The van der Waals surface area contributed by atoms with Crippen LogP contribution in [0.4, 0.5) is 4.39 Å². The van der Waals surface area contributed by atoms with E-state index >= 15 is 0 Å². The van der Waals surface area contributed by atoms with E-state index in [-0.39, 0.29) is 17.2 Å². The average Bonchev–Trinajstić information content (AvgIpc) is 2.35. The van der Waals surface area contributed by atoms with Crippen LogP contribution in [0.1, 0.15) is 16.7 Å². The van der Waals surface area contributed by atoms with Gasteiger partial charge in [-0.2, -0.15) is 0 Å². The molecule has 98 valence electrons. The van der Waals surface area contributed by atoms with Crippen molar-refractivity contribution in [3.05, 3.63) is 63.6 Å². The topological polar surface area (TPSA) is 60.9 Å². The van der Waals surface area contributed by atoms with Gasteiger partial charge in [0.2, 0.25) is 0 Å². The molecule has 0 radical (unpaired) electrons. The maximum absolute atomic E-state index is 13.2. The standard InChI is InChI=1S/C13H12FN3OS/c1-8-5-16-13(18)17(6-8)7-9-2-3-10(14)4-11(9)12(15)19/h2-6H,7H2,1H3,(H2,15,19). The van der Waals surface area contributed by atoms with Crippen LogP contribution < -0.4 is 11.4 Å². The summed E-state index contributed by atoms with van der Waals surface area (Å²) in [4.78, 5) is 15.5. The molecule has 4 nitrogen and oxygen atoms in total. The van der Waals surface area contributed by atoms with Crippen LogP contribution in [0, 0.1) is 12.7 Å². The number of rotatable bonds is 3. The number of hydrogen-bond acceptors (Lipinski definition) is 3. The minimum absolute atomic E-state index is 0.100. The van der Waals surface area contributed by atoms with Gasteiger partial charge in [0.25, 0.3) is 0 Å². The smallest absolute Gasteiger partial charge is 0.347 e. The minimum atomic E-state index is -0.415. The lowest BCUT2D eigenvalue weighted by Crippen LogP contribution is -2.24. The third-order valence-electron chi connectivity index (χ3n) is 2.66. The lowest BCUT2D eigenvalue weighted by Gasteiger charge is -2.10. The molecule has 0 amide bonds. The normalized spacial score (nSPS) is 10.4. The van der Waals surface area contributed by atoms with E-state index < -0.39 is 5.82 Å². The quantitative estimate of drug-likeness (QED) is 0.861. The van der Waals surface area contributed by atoms with E-state index in [1.54, 1.807) is 12.3 Å². The molecule has 0 aliphatic carbocycles. The van der Waals surface area contributed by atoms with Crippen LogP contribution in [0.15, 0.2) is 35.4 Å². The predicted molar refractivity (Wildman–Crippen MR) is 74.6 cm³/mol. The number of thiocarbonyl (C=S) groups is 1. The van der Waals surface area contributed by atoms with E-state index in [0.29, 0.717) is 11.1 Å². The van der Waals surface area contributed by atoms with Gasteiger partial charge in [0.05, 0.1) is 6.54 Å². The minimum Gasteiger partial charge on any atom is -0.389 e. The Morgan fingerprint density at radius 1 is 1.53 bits per heavy atom. The van der Waals surface area contributed by atoms with Gasteiger partial charge in [-0.15, -0.1) is 0 Å². The summed E-state index contributed by atoms with van der Waals surface area (Å²) >= 11 is 4.89. The summed E-state index contributed by atoms with van der Waals surface area (Å²) in [6.07, 6.45) is 3.18. The third-order valence-corrected chi connectivity index (χ3v) is 2.88. The Bertz CT molecular complexity index is 697. The fraction of sp³-hybridized carbons (Fsp3) is 0.154. The summed E-state index contributed by atoms with van der Waals surface area (Å²) < 4.78 is 14.6. The Kier molecular flexibility index (Phi) is 3.71. The SMILES string of the molecule is Cc1cnc(=O)n(Cc2ccc(F)cc2C(N)=S)c1. The highest BCUT2D eigenvalue weighted by Gasteiger charge is 2.08. The first-order chi connectivity index (χ1) is 8.97. The number of hydrogen-bond donors (Lipinski definition) is 1. The summed E-state index contributed by atoms with van der Waals surface area (Å²) in [6.45, 7) is 2.09. The highest BCUT2D eigenvalue weighted by atomic mass is 32.1. The second-order valence-corrected chi connectivity index (χ2v) is 4.65. The molecule has 1 aromatic heterocycles. The van der Waals surface area contributed by atoms with Crippen LogP contribution in [0.5, 0.6) is 0 Å². The highest BCUT2D eigenvalue weighted by Crippen LogP contribution is 2.12. The molecule has 0 aliphatic heterocycles. The molecule has 0 bridgehead atoms. The largest absolute Gasteiger partial charge is 0.389 e. The van der Waals surface area contributed by atoms with E-state index in [1.165, 1.54) is 22.9 Å². The van der Waals surface area contributed by atoms with Crippen LogP contribution in [-0.4, -0.2) is 14.5 Å². The lowest BCUT2D eigenvalue weighted by atomic mass is 10.1. The maximum Gasteiger partial charge on any atom is 0.347 e. The van der Waals surface area contributed by atoms with Crippen LogP contribution in [0.3, 0.4) is 0 Å². The zero-order valence-electron chi connectivity index (χ0n) is 10.3. The highest BCUT2D eigenvalue weighted by molar-refractivity contribution is 7.80. The van der Waals surface area contributed by atoms with Crippen LogP contribution >= 0.6 is 12.2 Å². The molecular formula is C13H12FN3OS. The average molecular weight is 277 g/mol. The number of nitrogens with two attached hydrogens (primary N) is 1. The number of benzene rings is 1. The molecule has 0 saturated carbocycles. The van der Waals surface area contributed by atoms with Gasteiger partial charge >= 0.3 is 5.69 Å². The first-order valence-corrected chi connectivity index (χ1v) is 5.99. The van der Waals surface area contributed by atoms with Crippen molar-refractivity contribution >= 4 is 17.2 Å². The number of halogens is 1. The van der Waals surface area contributed by atoms with Crippen molar-refractivity contribution in [2.45, 2.75) is 13.5 Å². The van der Waals surface area contributed by atoms with Gasteiger partial charge in [-0.1, -0.05) is 18.3 Å². The fourth-order valence-electron chi connectivity index (χ4n) is 1.78. The summed E-state index contributed by atoms with van der Waals surface area (Å²) in [5, 5.41) is 0. The number of nitrogens with zero attached hydrogens (tertiary/aromatic N) is 2. The van der Waals surface area contributed by atoms with Gasteiger partial charge in [0.1, 0.15) is 10.8 Å². The lowest BCUT2D eigenvalue weighted by molar-refractivity contribution is 0.625. The van der Waals surface area contributed by atoms with Crippen LogP contribution in [-0.2, 0) is 6.54 Å². The molecule has 2 rings (SSSR count). The zero-order chi connectivity index (χ0) is 14.0. The molecule has 6 heteroatoms. The number of aromatic nitrogens is 2. The molecule has 2 aromatic rings. The Morgan fingerprint density at radius 3 is 2.95 bits per heavy atom. The van der Waals surface area contributed by atoms with E-state index in [9.17, 15) is 9.18 Å². The first-order valence-electron chi connectivity index (χ1n) is 5.58. The van der Waals surface area contributed by atoms with E-state index in [4.69, 9.17) is 18.0 Å². The van der Waals surface area contributed by atoms with Crippen molar-refractivity contribution in [3.8, 4) is 0 Å². The van der Waals surface area contributed by atoms with Gasteiger partial charge in [-0.25, -0.2) is 14.2 Å². The van der Waals surface area contributed by atoms with Gasteiger partial charge in [0.15, 0.2) is 0 Å². The monoisotopic (exact) mass is 277 g/mol. The molecule has 0 spiro atoms. The Morgan fingerprint density at radius 2 is 2.26 bits per heavy atom. The summed E-state index contributed by atoms with van der Waals surface area (Å²) in [5.74, 6) is -0.415. The summed E-state index contributed by atoms with van der Waals surface area (Å²) in [5.41, 5.74) is 7.17. The first kappa shape index (κ1) is 13.4. The second-order valence-electron chi connectivity index (χ2n) is 4.21. The molecule has 1 aromatic carbocycles. The summed E-state index contributed by atoms with van der Waals surface area (Å²) in [7, 11) is 0. The Balaban J connectivity index is 2.46. The van der Waals surface area contributed by atoms with Gasteiger partial charge in [-0.3, -0.25) is 4.57 Å². The molecule has 2 N–H and O–H groups in total. The molecule has 0 fully saturated rings. The summed E-state index contributed by atoms with van der Waals surface area (Å²) in [6, 6.07) is 4.15. The fourth-order valence-corrected chi connectivity index (χ4v) is 1.97. The van der Waals surface area contributed by atoms with Gasteiger partial charge < -0.3 is 5.73 Å². The van der Waals surface area contributed by atoms with Crippen molar-refractivity contribution < 1.29 is 4.39 Å². The van der Waals surface area contributed by atoms with Crippen molar-refractivity contribution in [1.29, 1.82) is 0 Å². The van der Waals surface area contributed by atoms with E-state index in [1.807, 2.05) is 6.92 Å². The van der Waals surface area contributed by atoms with E-state index in [0.717, 1.165) is 5.56 Å². The number of aryl methyl sites for hydroxylation is 1.